The predicted molar refractivity (Wildman–Crippen MR) is 75.8 cm³/mol. The topological polar surface area (TPSA) is 78.4 Å². The molecule has 1 aliphatic heterocycles. The van der Waals surface area contributed by atoms with Gasteiger partial charge in [-0.3, -0.25) is 0 Å². The highest BCUT2D eigenvalue weighted by Crippen LogP contribution is 2.44. The fourth-order valence-electron chi connectivity index (χ4n) is 2.64. The molecule has 0 radical (unpaired) electrons. The van der Waals surface area contributed by atoms with Crippen LogP contribution in [0.5, 0.6) is 0 Å². The summed E-state index contributed by atoms with van der Waals surface area (Å²) in [6.45, 7) is 1.34. The summed E-state index contributed by atoms with van der Waals surface area (Å²) in [6, 6.07) is -0.159. The lowest BCUT2D eigenvalue weighted by atomic mass is 9.97. The first-order valence-corrected chi connectivity index (χ1v) is 7.58. The third-order valence-corrected chi connectivity index (χ3v) is 4.38. The molecule has 1 saturated carbocycles. The minimum absolute atomic E-state index is 0.159. The quantitative estimate of drug-likeness (QED) is 0.869. The molecule has 1 saturated heterocycles. The smallest absolute Gasteiger partial charge is 0.317 e. The Labute approximate surface area is 125 Å². The zero-order valence-electron chi connectivity index (χ0n) is 11.0. The zero-order valence-corrected chi connectivity index (χ0v) is 12.6. The van der Waals surface area contributed by atoms with Crippen molar-refractivity contribution in [2.75, 3.05) is 13.1 Å². The van der Waals surface area contributed by atoms with Gasteiger partial charge in [0.2, 0.25) is 0 Å². The van der Waals surface area contributed by atoms with Crippen LogP contribution in [-0.2, 0) is 6.54 Å². The van der Waals surface area contributed by atoms with Crippen molar-refractivity contribution in [2.45, 2.75) is 31.4 Å². The summed E-state index contributed by atoms with van der Waals surface area (Å²) in [5.41, 5.74) is -0.661. The summed E-state index contributed by atoms with van der Waals surface area (Å²) >= 11 is 3.26. The van der Waals surface area contributed by atoms with Crippen LogP contribution in [0.4, 0.5) is 4.79 Å². The number of halogens is 1. The summed E-state index contributed by atoms with van der Waals surface area (Å²) in [6.07, 6.45) is 6.14. The number of β-amino-alcohol motifs (C(OH)–C–C–N with tert-alkyl or cyclic N) is 1. The van der Waals surface area contributed by atoms with Gasteiger partial charge in [-0.2, -0.15) is 0 Å². The minimum atomic E-state index is -0.661. The van der Waals surface area contributed by atoms with Crippen LogP contribution in [0, 0.1) is 5.92 Å². The van der Waals surface area contributed by atoms with Crippen molar-refractivity contribution in [1.29, 1.82) is 0 Å². The number of nitrogens with zero attached hydrogens (tertiary/aromatic N) is 3. The van der Waals surface area contributed by atoms with Crippen LogP contribution < -0.4 is 5.32 Å². The average Bonchev–Trinajstić information content (AvgIpc) is 3.22. The Bertz CT molecular complexity index is 506. The van der Waals surface area contributed by atoms with E-state index in [0.717, 1.165) is 17.3 Å². The summed E-state index contributed by atoms with van der Waals surface area (Å²) in [7, 11) is 0. The molecule has 20 heavy (non-hydrogen) atoms. The van der Waals surface area contributed by atoms with Crippen molar-refractivity contribution in [3.63, 3.8) is 0 Å². The van der Waals surface area contributed by atoms with Crippen LogP contribution in [-0.4, -0.2) is 44.7 Å². The maximum absolute atomic E-state index is 12.1. The van der Waals surface area contributed by atoms with Gasteiger partial charge < -0.3 is 15.3 Å². The number of likely N-dealkylation sites (tertiary alicyclic amines) is 1. The Morgan fingerprint density at radius 3 is 2.85 bits per heavy atom. The first kappa shape index (κ1) is 13.8. The van der Waals surface area contributed by atoms with Gasteiger partial charge in [-0.25, -0.2) is 14.8 Å². The highest BCUT2D eigenvalue weighted by Gasteiger charge is 2.48. The molecule has 6 nitrogen and oxygen atoms in total. The minimum Gasteiger partial charge on any atom is -0.388 e. The van der Waals surface area contributed by atoms with E-state index in [0.29, 0.717) is 37.8 Å². The molecule has 108 valence electrons. The standard InChI is InChI=1S/C13H17BrN4O2/c14-10-5-15-11(16-6-10)7-17-12(19)18-4-3-13(20,8-18)9-1-2-9/h5-6,9,20H,1-4,7-8H2,(H,17,19). The maximum Gasteiger partial charge on any atom is 0.317 e. The number of aromatic nitrogens is 2. The van der Waals surface area contributed by atoms with Crippen molar-refractivity contribution in [2.24, 2.45) is 5.92 Å². The average molecular weight is 341 g/mol. The first-order chi connectivity index (χ1) is 9.57. The number of urea groups is 1. The molecular weight excluding hydrogens is 324 g/mol. The monoisotopic (exact) mass is 340 g/mol. The highest BCUT2D eigenvalue weighted by atomic mass is 79.9. The number of carbonyl (C=O) groups excluding carboxylic acids is 1. The Morgan fingerprint density at radius 1 is 1.50 bits per heavy atom. The van der Waals surface area contributed by atoms with E-state index in [1.807, 2.05) is 0 Å². The lowest BCUT2D eigenvalue weighted by molar-refractivity contribution is 0.0301. The number of aliphatic hydroxyl groups is 1. The SMILES string of the molecule is O=C(NCc1ncc(Br)cn1)N1CCC(O)(C2CC2)C1. The fraction of sp³-hybridized carbons (Fsp3) is 0.615. The Balaban J connectivity index is 1.51. The van der Waals surface area contributed by atoms with Gasteiger partial charge in [0, 0.05) is 18.9 Å². The van der Waals surface area contributed by atoms with Crippen LogP contribution in [0.3, 0.4) is 0 Å². The molecule has 1 atom stereocenters. The molecule has 0 spiro atoms. The Morgan fingerprint density at radius 2 is 2.20 bits per heavy atom. The summed E-state index contributed by atoms with van der Waals surface area (Å²) in [4.78, 5) is 21.9. The second kappa shape index (κ2) is 5.29. The van der Waals surface area contributed by atoms with Gasteiger partial charge in [-0.05, 0) is 41.1 Å². The van der Waals surface area contributed by atoms with Gasteiger partial charge >= 0.3 is 6.03 Å². The van der Waals surface area contributed by atoms with E-state index in [1.165, 1.54) is 0 Å². The van der Waals surface area contributed by atoms with Crippen molar-refractivity contribution in [1.82, 2.24) is 20.2 Å². The fourth-order valence-corrected chi connectivity index (χ4v) is 2.85. The van der Waals surface area contributed by atoms with Gasteiger partial charge in [-0.15, -0.1) is 0 Å². The molecule has 2 aliphatic rings. The third kappa shape index (κ3) is 2.93. The van der Waals surface area contributed by atoms with Gasteiger partial charge in [0.25, 0.3) is 0 Å². The summed E-state index contributed by atoms with van der Waals surface area (Å²) in [5, 5.41) is 13.2. The summed E-state index contributed by atoms with van der Waals surface area (Å²) in [5.74, 6) is 0.952. The van der Waals surface area contributed by atoms with Crippen LogP contribution >= 0.6 is 15.9 Å². The molecule has 1 aliphatic carbocycles. The van der Waals surface area contributed by atoms with Gasteiger partial charge in [0.05, 0.1) is 23.2 Å². The van der Waals surface area contributed by atoms with E-state index < -0.39 is 5.60 Å². The van der Waals surface area contributed by atoms with Crippen LogP contribution in [0.15, 0.2) is 16.9 Å². The molecule has 3 rings (SSSR count). The molecule has 1 aromatic heterocycles. The Hall–Kier alpha value is -1.21. The molecule has 0 bridgehead atoms. The molecule has 2 fully saturated rings. The van der Waals surface area contributed by atoms with Gasteiger partial charge in [0.15, 0.2) is 0 Å². The molecule has 2 N–H and O–H groups in total. The van der Waals surface area contributed by atoms with Crippen LogP contribution in [0.25, 0.3) is 0 Å². The molecule has 2 heterocycles. The normalized spacial score (nSPS) is 25.8. The maximum atomic E-state index is 12.1. The number of nitrogens with one attached hydrogen (secondary N) is 1. The molecular formula is C13H17BrN4O2. The molecule has 1 unspecified atom stereocenters. The van der Waals surface area contributed by atoms with Crippen molar-refractivity contribution in [3.05, 3.63) is 22.7 Å². The molecule has 2 amide bonds. The zero-order chi connectivity index (χ0) is 14.2. The lowest BCUT2D eigenvalue weighted by Crippen LogP contribution is -2.42. The number of amides is 2. The molecule has 0 aromatic carbocycles. The highest BCUT2D eigenvalue weighted by molar-refractivity contribution is 9.10. The number of carbonyl (C=O) groups is 1. The first-order valence-electron chi connectivity index (χ1n) is 6.78. The van der Waals surface area contributed by atoms with E-state index in [4.69, 9.17) is 0 Å². The van der Waals surface area contributed by atoms with E-state index in [9.17, 15) is 9.90 Å². The van der Waals surface area contributed by atoms with E-state index in [1.54, 1.807) is 17.3 Å². The second-order valence-electron chi connectivity index (χ2n) is 5.53. The van der Waals surface area contributed by atoms with Crippen molar-refractivity contribution < 1.29 is 9.90 Å². The van der Waals surface area contributed by atoms with E-state index in [2.05, 4.69) is 31.2 Å². The van der Waals surface area contributed by atoms with Gasteiger partial charge in [0.1, 0.15) is 5.82 Å². The number of hydrogen-bond donors (Lipinski definition) is 2. The van der Waals surface area contributed by atoms with Gasteiger partial charge in [-0.1, -0.05) is 0 Å². The predicted octanol–water partition coefficient (Wildman–Crippen LogP) is 1.30. The molecule has 1 aromatic rings. The van der Waals surface area contributed by atoms with E-state index >= 15 is 0 Å². The van der Waals surface area contributed by atoms with E-state index in [-0.39, 0.29) is 6.03 Å². The second-order valence-corrected chi connectivity index (χ2v) is 6.44. The molecule has 7 heteroatoms. The lowest BCUT2D eigenvalue weighted by Gasteiger charge is -2.23. The van der Waals surface area contributed by atoms with Crippen molar-refractivity contribution in [3.8, 4) is 0 Å². The largest absolute Gasteiger partial charge is 0.388 e. The summed E-state index contributed by atoms with van der Waals surface area (Å²) < 4.78 is 0.807. The number of rotatable bonds is 3. The van der Waals surface area contributed by atoms with Crippen LogP contribution in [0.2, 0.25) is 0 Å². The van der Waals surface area contributed by atoms with Crippen molar-refractivity contribution >= 4 is 22.0 Å². The number of hydrogen-bond acceptors (Lipinski definition) is 4. The third-order valence-electron chi connectivity index (χ3n) is 3.98. The Kier molecular flexibility index (Phi) is 3.64. The van der Waals surface area contributed by atoms with Crippen LogP contribution in [0.1, 0.15) is 25.1 Å².